The average Bonchev–Trinajstić information content (AvgIpc) is 3.16. The van der Waals surface area contributed by atoms with Crippen molar-refractivity contribution >= 4 is 34.0 Å². The third-order valence-electron chi connectivity index (χ3n) is 4.19. The summed E-state index contributed by atoms with van der Waals surface area (Å²) < 4.78 is 10.6. The van der Waals surface area contributed by atoms with E-state index >= 15 is 0 Å². The summed E-state index contributed by atoms with van der Waals surface area (Å²) in [4.78, 5) is 30.3. The van der Waals surface area contributed by atoms with Crippen LogP contribution in [0, 0.1) is 13.8 Å². The summed E-state index contributed by atoms with van der Waals surface area (Å²) in [5, 5.41) is 2.32. The standard InChI is InChI=1S/C22H22N2O4S/c1-15-8-7-9-16(2)21(15)24(17(3)25)22-23-18(14-29-22)12-28-20(26)13-27-19-10-5-4-6-11-19/h4-11,14H,12-13H2,1-3H3. The minimum atomic E-state index is -0.485. The van der Waals surface area contributed by atoms with E-state index in [9.17, 15) is 9.59 Å². The van der Waals surface area contributed by atoms with E-state index in [0.717, 1.165) is 16.8 Å². The lowest BCUT2D eigenvalue weighted by atomic mass is 10.1. The van der Waals surface area contributed by atoms with Gasteiger partial charge in [0.2, 0.25) is 5.91 Å². The number of nitrogens with zero attached hydrogens (tertiary/aromatic N) is 2. The fourth-order valence-electron chi connectivity index (χ4n) is 2.87. The van der Waals surface area contributed by atoms with Crippen molar-refractivity contribution in [2.24, 2.45) is 0 Å². The molecule has 29 heavy (non-hydrogen) atoms. The minimum absolute atomic E-state index is 0.0198. The first-order valence-electron chi connectivity index (χ1n) is 9.10. The highest BCUT2D eigenvalue weighted by Gasteiger charge is 2.21. The van der Waals surface area contributed by atoms with Crippen molar-refractivity contribution in [2.75, 3.05) is 11.5 Å². The van der Waals surface area contributed by atoms with E-state index in [1.807, 2.05) is 50.2 Å². The molecule has 1 amide bonds. The van der Waals surface area contributed by atoms with Crippen LogP contribution in [0.5, 0.6) is 5.75 Å². The summed E-state index contributed by atoms with van der Waals surface area (Å²) in [6.07, 6.45) is 0. The van der Waals surface area contributed by atoms with Gasteiger partial charge in [-0.1, -0.05) is 36.4 Å². The summed E-state index contributed by atoms with van der Waals surface area (Å²) in [5.74, 6) is -0.00998. The summed E-state index contributed by atoms with van der Waals surface area (Å²) in [6.45, 7) is 5.27. The van der Waals surface area contributed by atoms with E-state index in [1.54, 1.807) is 22.4 Å². The van der Waals surface area contributed by atoms with Crippen LogP contribution < -0.4 is 9.64 Å². The number of aryl methyl sites for hydroxylation is 2. The van der Waals surface area contributed by atoms with Gasteiger partial charge in [-0.2, -0.15) is 0 Å². The molecule has 150 valence electrons. The van der Waals surface area contributed by atoms with Gasteiger partial charge in [0.25, 0.3) is 0 Å². The molecule has 3 rings (SSSR count). The molecule has 0 saturated heterocycles. The molecule has 7 heteroatoms. The number of carbonyl (C=O) groups is 2. The topological polar surface area (TPSA) is 68.7 Å². The van der Waals surface area contributed by atoms with Gasteiger partial charge in [0.15, 0.2) is 11.7 Å². The Morgan fingerprint density at radius 1 is 1.03 bits per heavy atom. The van der Waals surface area contributed by atoms with E-state index in [1.165, 1.54) is 18.3 Å². The SMILES string of the molecule is CC(=O)N(c1nc(COC(=O)COc2ccccc2)cs1)c1c(C)cccc1C. The van der Waals surface area contributed by atoms with Crippen LogP contribution in [0.2, 0.25) is 0 Å². The van der Waals surface area contributed by atoms with Crippen molar-refractivity contribution in [3.8, 4) is 5.75 Å². The van der Waals surface area contributed by atoms with Crippen LogP contribution in [0.15, 0.2) is 53.9 Å². The molecule has 1 heterocycles. The predicted molar refractivity (Wildman–Crippen MR) is 113 cm³/mol. The molecule has 0 atom stereocenters. The molecule has 1 aromatic heterocycles. The van der Waals surface area contributed by atoms with Gasteiger partial charge >= 0.3 is 5.97 Å². The number of anilines is 2. The second kappa shape index (κ2) is 9.34. The summed E-state index contributed by atoms with van der Waals surface area (Å²) in [7, 11) is 0. The number of amides is 1. The van der Waals surface area contributed by atoms with Gasteiger partial charge < -0.3 is 9.47 Å². The molecule has 0 bridgehead atoms. The Morgan fingerprint density at radius 2 is 1.72 bits per heavy atom. The molecule has 3 aromatic rings. The molecule has 0 fully saturated rings. The van der Waals surface area contributed by atoms with Crippen LogP contribution in [-0.4, -0.2) is 23.5 Å². The first-order chi connectivity index (χ1) is 14.0. The third-order valence-corrected chi connectivity index (χ3v) is 5.06. The molecule has 6 nitrogen and oxygen atoms in total. The van der Waals surface area contributed by atoms with E-state index in [2.05, 4.69) is 4.98 Å². The third kappa shape index (κ3) is 5.20. The lowest BCUT2D eigenvalue weighted by Crippen LogP contribution is -2.24. The number of esters is 1. The normalized spacial score (nSPS) is 10.4. The zero-order chi connectivity index (χ0) is 20.8. The zero-order valence-electron chi connectivity index (χ0n) is 16.5. The second-order valence-corrected chi connectivity index (χ2v) is 7.32. The Bertz CT molecular complexity index is 981. The van der Waals surface area contributed by atoms with Gasteiger partial charge in [-0.05, 0) is 37.1 Å². The molecular weight excluding hydrogens is 388 g/mol. The van der Waals surface area contributed by atoms with E-state index in [4.69, 9.17) is 9.47 Å². The summed E-state index contributed by atoms with van der Waals surface area (Å²) in [6, 6.07) is 14.9. The Labute approximate surface area is 173 Å². The van der Waals surface area contributed by atoms with Crippen molar-refractivity contribution in [3.05, 3.63) is 70.7 Å². The van der Waals surface area contributed by atoms with Crippen LogP contribution >= 0.6 is 11.3 Å². The van der Waals surface area contributed by atoms with Crippen molar-refractivity contribution in [1.82, 2.24) is 4.98 Å². The number of para-hydroxylation sites is 2. The maximum absolute atomic E-state index is 12.3. The van der Waals surface area contributed by atoms with Gasteiger partial charge in [-0.15, -0.1) is 11.3 Å². The Balaban J connectivity index is 1.64. The Hall–Kier alpha value is -3.19. The van der Waals surface area contributed by atoms with E-state index in [-0.39, 0.29) is 19.1 Å². The van der Waals surface area contributed by atoms with Crippen LogP contribution in [-0.2, 0) is 20.9 Å². The number of hydrogen-bond acceptors (Lipinski definition) is 6. The molecule has 0 unspecified atom stereocenters. The molecule has 0 N–H and O–H groups in total. The van der Waals surface area contributed by atoms with Crippen LogP contribution in [0.3, 0.4) is 0 Å². The lowest BCUT2D eigenvalue weighted by Gasteiger charge is -2.22. The molecule has 0 aliphatic rings. The zero-order valence-corrected chi connectivity index (χ0v) is 17.4. The highest BCUT2D eigenvalue weighted by Crippen LogP contribution is 2.33. The predicted octanol–water partition coefficient (Wildman–Crippen LogP) is 4.57. The number of thiazole rings is 1. The second-order valence-electron chi connectivity index (χ2n) is 6.48. The number of aromatic nitrogens is 1. The largest absolute Gasteiger partial charge is 0.482 e. The molecule has 0 aliphatic carbocycles. The van der Waals surface area contributed by atoms with Crippen molar-refractivity contribution < 1.29 is 19.1 Å². The number of benzene rings is 2. The van der Waals surface area contributed by atoms with Crippen LogP contribution in [0.4, 0.5) is 10.8 Å². The molecule has 2 aromatic carbocycles. The van der Waals surface area contributed by atoms with Crippen molar-refractivity contribution in [1.29, 1.82) is 0 Å². The highest BCUT2D eigenvalue weighted by atomic mass is 32.1. The van der Waals surface area contributed by atoms with Gasteiger partial charge in [-0.25, -0.2) is 9.78 Å². The summed E-state index contributed by atoms with van der Waals surface area (Å²) in [5.41, 5.74) is 3.38. The number of hydrogen-bond donors (Lipinski definition) is 0. The molecule has 0 radical (unpaired) electrons. The average molecular weight is 410 g/mol. The fourth-order valence-corrected chi connectivity index (χ4v) is 3.72. The lowest BCUT2D eigenvalue weighted by molar-refractivity contribution is -0.147. The Kier molecular flexibility index (Phi) is 6.61. The maximum atomic E-state index is 12.3. The van der Waals surface area contributed by atoms with Gasteiger partial charge in [0.05, 0.1) is 11.4 Å². The van der Waals surface area contributed by atoms with Crippen LogP contribution in [0.25, 0.3) is 0 Å². The molecule has 0 spiro atoms. The number of carbonyl (C=O) groups excluding carboxylic acids is 2. The summed E-state index contributed by atoms with van der Waals surface area (Å²) >= 11 is 1.33. The minimum Gasteiger partial charge on any atom is -0.482 e. The first-order valence-corrected chi connectivity index (χ1v) is 9.98. The molecule has 0 aliphatic heterocycles. The molecule has 0 saturated carbocycles. The van der Waals surface area contributed by atoms with Crippen molar-refractivity contribution in [3.63, 3.8) is 0 Å². The van der Waals surface area contributed by atoms with Gasteiger partial charge in [0.1, 0.15) is 12.4 Å². The molecular formula is C22H22N2O4S. The van der Waals surface area contributed by atoms with E-state index in [0.29, 0.717) is 16.6 Å². The highest BCUT2D eigenvalue weighted by molar-refractivity contribution is 7.14. The quantitative estimate of drug-likeness (QED) is 0.534. The van der Waals surface area contributed by atoms with E-state index < -0.39 is 5.97 Å². The fraction of sp³-hybridized carbons (Fsp3) is 0.227. The van der Waals surface area contributed by atoms with Crippen LogP contribution in [0.1, 0.15) is 23.7 Å². The smallest absolute Gasteiger partial charge is 0.344 e. The van der Waals surface area contributed by atoms with Gasteiger partial charge in [-0.3, -0.25) is 9.69 Å². The number of ether oxygens (including phenoxy) is 2. The van der Waals surface area contributed by atoms with Gasteiger partial charge in [0, 0.05) is 12.3 Å². The monoisotopic (exact) mass is 410 g/mol. The maximum Gasteiger partial charge on any atom is 0.344 e. The first kappa shape index (κ1) is 20.5. The Morgan fingerprint density at radius 3 is 2.38 bits per heavy atom. The van der Waals surface area contributed by atoms with Crippen molar-refractivity contribution in [2.45, 2.75) is 27.4 Å². The number of rotatable bonds is 7.